The van der Waals surface area contributed by atoms with Gasteiger partial charge in [0.05, 0.1) is 25.4 Å². The highest BCUT2D eigenvalue weighted by molar-refractivity contribution is 8.16. The fourth-order valence-electron chi connectivity index (χ4n) is 3.51. The molecule has 1 aromatic heterocycles. The van der Waals surface area contributed by atoms with Crippen molar-refractivity contribution in [2.75, 3.05) is 13.2 Å². The van der Waals surface area contributed by atoms with E-state index in [1.807, 2.05) is 31.2 Å². The first kappa shape index (κ1) is 26.2. The third-order valence-electron chi connectivity index (χ3n) is 5.60. The number of carboxylic acid groups (broad SMARTS) is 1. The lowest BCUT2D eigenvalue weighted by molar-refractivity contribution is -0.148. The molecule has 35 heavy (non-hydrogen) atoms. The summed E-state index contributed by atoms with van der Waals surface area (Å²) < 4.78 is 10.4. The number of ether oxygens (including phenoxy) is 2. The number of esters is 1. The highest BCUT2D eigenvalue weighted by Gasteiger charge is 2.43. The molecule has 0 saturated carbocycles. The van der Waals surface area contributed by atoms with E-state index in [-0.39, 0.29) is 43.1 Å². The van der Waals surface area contributed by atoms with Crippen molar-refractivity contribution in [3.63, 3.8) is 0 Å². The van der Waals surface area contributed by atoms with Crippen LogP contribution in [0.1, 0.15) is 49.4 Å². The number of amides is 2. The van der Waals surface area contributed by atoms with Gasteiger partial charge in [0.15, 0.2) is 0 Å². The number of carboxylic acids is 1. The molecule has 1 aliphatic rings. The molecule has 0 spiro atoms. The number of carbonyl (C=O) groups is 4. The van der Waals surface area contributed by atoms with E-state index in [1.54, 1.807) is 25.3 Å². The number of thioether (sulfide) groups is 1. The van der Waals surface area contributed by atoms with Gasteiger partial charge in [0.1, 0.15) is 17.1 Å². The summed E-state index contributed by atoms with van der Waals surface area (Å²) in [5, 5.41) is 10.7. The summed E-state index contributed by atoms with van der Waals surface area (Å²) in [6, 6.07) is 11.1. The first-order chi connectivity index (χ1) is 16.7. The minimum absolute atomic E-state index is 0.0302. The van der Waals surface area contributed by atoms with Crippen LogP contribution < -0.4 is 10.1 Å². The predicted molar refractivity (Wildman–Crippen MR) is 129 cm³/mol. The molecule has 0 aliphatic carbocycles. The Bertz CT molecular complexity index is 1070. The molecule has 10 heteroatoms. The van der Waals surface area contributed by atoms with Gasteiger partial charge in [-0.2, -0.15) is 0 Å². The van der Waals surface area contributed by atoms with Crippen LogP contribution in [0.4, 0.5) is 4.79 Å². The van der Waals surface area contributed by atoms with Crippen molar-refractivity contribution in [2.45, 2.75) is 50.2 Å². The zero-order valence-electron chi connectivity index (χ0n) is 19.6. The van der Waals surface area contributed by atoms with E-state index in [4.69, 9.17) is 14.6 Å². The maximum atomic E-state index is 12.1. The second-order valence-corrected chi connectivity index (χ2v) is 9.89. The van der Waals surface area contributed by atoms with E-state index in [1.165, 1.54) is 0 Å². The number of aryl methyl sites for hydroxylation is 1. The van der Waals surface area contributed by atoms with Gasteiger partial charge >= 0.3 is 11.9 Å². The van der Waals surface area contributed by atoms with E-state index in [0.29, 0.717) is 12.2 Å². The fourth-order valence-corrected chi connectivity index (χ4v) is 4.44. The number of imide groups is 1. The third-order valence-corrected chi connectivity index (χ3v) is 6.67. The van der Waals surface area contributed by atoms with Crippen molar-refractivity contribution < 1.29 is 33.8 Å². The maximum absolute atomic E-state index is 12.1. The van der Waals surface area contributed by atoms with Crippen molar-refractivity contribution in [3.05, 3.63) is 59.4 Å². The third kappa shape index (κ3) is 7.54. The largest absolute Gasteiger partial charge is 0.493 e. The van der Waals surface area contributed by atoms with Gasteiger partial charge in [-0.25, -0.2) is 0 Å². The molecule has 1 unspecified atom stereocenters. The first-order valence-corrected chi connectivity index (χ1v) is 12.1. The molecule has 9 nitrogen and oxygen atoms in total. The van der Waals surface area contributed by atoms with Crippen LogP contribution in [0.25, 0.3) is 0 Å². The number of nitrogens with one attached hydrogen (secondary N) is 1. The van der Waals surface area contributed by atoms with Gasteiger partial charge in [-0.15, -0.1) is 0 Å². The summed E-state index contributed by atoms with van der Waals surface area (Å²) >= 11 is 0.991. The molecule has 186 valence electrons. The average molecular weight is 501 g/mol. The monoisotopic (exact) mass is 500 g/mol. The summed E-state index contributed by atoms with van der Waals surface area (Å²) in [6.45, 7) is 3.99. The van der Waals surface area contributed by atoms with E-state index in [0.717, 1.165) is 35.0 Å². The molecule has 2 heterocycles. The minimum Gasteiger partial charge on any atom is -0.493 e. The molecule has 0 bridgehead atoms. The standard InChI is InChI=1S/C25H28N2O7S/c1-3-19-7-6-17(13-26-19)18(15-34-22(30)11-10-21(28)29)14-33-20-8-4-16(5-9-20)12-25(2)23(31)27-24(32)35-25/h4-9,13,18H,3,10-12,14-15H2,1-2H3,(H,28,29)(H,27,31,32)/t18-,25?/m0/s1. The summed E-state index contributed by atoms with van der Waals surface area (Å²) in [4.78, 5) is 50.6. The molecule has 1 aliphatic heterocycles. The lowest BCUT2D eigenvalue weighted by atomic mass is 9.99. The molecule has 2 atom stereocenters. The Morgan fingerprint density at radius 2 is 1.86 bits per heavy atom. The molecule has 1 saturated heterocycles. The predicted octanol–water partition coefficient (Wildman–Crippen LogP) is 3.50. The zero-order chi connectivity index (χ0) is 25.4. The number of hydrogen-bond acceptors (Lipinski definition) is 8. The van der Waals surface area contributed by atoms with Crippen LogP contribution in [0, 0.1) is 0 Å². The Morgan fingerprint density at radius 1 is 1.11 bits per heavy atom. The minimum atomic E-state index is -1.06. The Morgan fingerprint density at radius 3 is 2.43 bits per heavy atom. The van der Waals surface area contributed by atoms with E-state index < -0.39 is 16.7 Å². The molecular weight excluding hydrogens is 472 g/mol. The molecule has 2 N–H and O–H groups in total. The van der Waals surface area contributed by atoms with Gasteiger partial charge in [0.25, 0.3) is 5.24 Å². The topological polar surface area (TPSA) is 132 Å². The second kappa shape index (κ2) is 11.8. The number of pyridine rings is 1. The van der Waals surface area contributed by atoms with Gasteiger partial charge < -0.3 is 14.6 Å². The van der Waals surface area contributed by atoms with Crippen LogP contribution in [0.15, 0.2) is 42.6 Å². The Kier molecular flexibility index (Phi) is 8.86. The van der Waals surface area contributed by atoms with Crippen LogP contribution >= 0.6 is 11.8 Å². The maximum Gasteiger partial charge on any atom is 0.306 e. The average Bonchev–Trinajstić information content (AvgIpc) is 3.09. The Hall–Kier alpha value is -3.40. The van der Waals surface area contributed by atoms with E-state index >= 15 is 0 Å². The van der Waals surface area contributed by atoms with E-state index in [2.05, 4.69) is 10.3 Å². The van der Waals surface area contributed by atoms with Crippen LogP contribution in [0.2, 0.25) is 0 Å². The lowest BCUT2D eigenvalue weighted by Gasteiger charge is -2.20. The molecule has 2 amide bonds. The summed E-state index contributed by atoms with van der Waals surface area (Å²) in [7, 11) is 0. The molecule has 1 fully saturated rings. The van der Waals surface area contributed by atoms with Gasteiger partial charge in [0.2, 0.25) is 5.91 Å². The summed E-state index contributed by atoms with van der Waals surface area (Å²) in [6.07, 6.45) is 2.45. The van der Waals surface area contributed by atoms with E-state index in [9.17, 15) is 19.2 Å². The molecule has 3 rings (SSSR count). The van der Waals surface area contributed by atoms with Gasteiger partial charge in [-0.3, -0.25) is 29.5 Å². The lowest BCUT2D eigenvalue weighted by Crippen LogP contribution is -2.35. The second-order valence-electron chi connectivity index (χ2n) is 8.42. The van der Waals surface area contributed by atoms with Gasteiger partial charge in [-0.1, -0.05) is 25.1 Å². The first-order valence-electron chi connectivity index (χ1n) is 11.3. The van der Waals surface area contributed by atoms with Gasteiger partial charge in [-0.05, 0) is 60.9 Å². The number of aliphatic carboxylic acids is 1. The molecule has 0 radical (unpaired) electrons. The van der Waals surface area contributed by atoms with Crippen LogP contribution in [0.5, 0.6) is 5.75 Å². The summed E-state index contributed by atoms with van der Waals surface area (Å²) in [5.41, 5.74) is 2.67. The number of carbonyl (C=O) groups excluding carboxylic acids is 3. The Labute approximate surface area is 207 Å². The highest BCUT2D eigenvalue weighted by Crippen LogP contribution is 2.35. The van der Waals surface area contributed by atoms with Crippen molar-refractivity contribution in [1.29, 1.82) is 0 Å². The number of rotatable bonds is 12. The number of aromatic nitrogens is 1. The molecular formula is C25H28N2O7S. The zero-order valence-corrected chi connectivity index (χ0v) is 20.4. The quantitative estimate of drug-likeness (QED) is 0.420. The Balaban J connectivity index is 1.62. The molecule has 2 aromatic rings. The molecule has 1 aromatic carbocycles. The number of nitrogens with zero attached hydrogens (tertiary/aromatic N) is 1. The smallest absolute Gasteiger partial charge is 0.306 e. The van der Waals surface area contributed by atoms with Gasteiger partial charge in [0, 0.05) is 11.9 Å². The van der Waals surface area contributed by atoms with Crippen LogP contribution in [-0.4, -0.2) is 51.1 Å². The van der Waals surface area contributed by atoms with Crippen molar-refractivity contribution in [3.8, 4) is 5.75 Å². The van der Waals surface area contributed by atoms with Crippen molar-refractivity contribution in [1.82, 2.24) is 10.3 Å². The highest BCUT2D eigenvalue weighted by atomic mass is 32.2. The normalized spacial score (nSPS) is 18.1. The van der Waals surface area contributed by atoms with Crippen molar-refractivity contribution >= 4 is 34.8 Å². The number of benzene rings is 1. The fraction of sp³-hybridized carbons (Fsp3) is 0.400. The summed E-state index contributed by atoms with van der Waals surface area (Å²) in [5.74, 6) is -1.64. The van der Waals surface area contributed by atoms with Crippen molar-refractivity contribution in [2.24, 2.45) is 0 Å². The number of hydrogen-bond donors (Lipinski definition) is 2. The SMILES string of the molecule is CCc1ccc([C@H](COC(=O)CCC(=O)O)COc2ccc(CC3(C)SC(=O)NC3=O)cc2)cn1. The van der Waals surface area contributed by atoms with Crippen LogP contribution in [-0.2, 0) is 32.0 Å². The van der Waals surface area contributed by atoms with Crippen LogP contribution in [0.3, 0.4) is 0 Å².